The smallest absolute Gasteiger partial charge is 0.262 e. The van der Waals surface area contributed by atoms with E-state index in [2.05, 4.69) is 15.2 Å². The van der Waals surface area contributed by atoms with Crippen molar-refractivity contribution in [2.45, 2.75) is 11.6 Å². The lowest BCUT2D eigenvalue weighted by Gasteiger charge is -1.89. The Hall–Kier alpha value is -1.25. The van der Waals surface area contributed by atoms with Crippen molar-refractivity contribution in [3.8, 4) is 0 Å². The maximum Gasteiger partial charge on any atom is 0.282 e. The Kier molecular flexibility index (Phi) is 2.55. The number of hydrogen-bond donors (Lipinski definition) is 2. The number of nitrogens with zero attached hydrogens (tertiary/aromatic N) is 2. The standard InChI is InChI=1S/C7H8N4O2S2/c8-15(12,13)7-9-6(10-11-7)4-5-2-1-3-14-5/h1-3H,4H2,(H2,8,12,13)(H,9,10,11). The topological polar surface area (TPSA) is 102 Å². The molecule has 2 heterocycles. The van der Waals surface area contributed by atoms with Crippen LogP contribution in [0.25, 0.3) is 0 Å². The van der Waals surface area contributed by atoms with Gasteiger partial charge < -0.3 is 0 Å². The second kappa shape index (κ2) is 3.72. The number of aromatic nitrogens is 3. The molecule has 0 aliphatic carbocycles. The van der Waals surface area contributed by atoms with Gasteiger partial charge in [-0.2, -0.15) is 0 Å². The molecule has 2 aromatic heterocycles. The average molecular weight is 244 g/mol. The van der Waals surface area contributed by atoms with Crippen molar-refractivity contribution in [3.63, 3.8) is 0 Å². The molecule has 8 heteroatoms. The van der Waals surface area contributed by atoms with Crippen molar-refractivity contribution in [3.05, 3.63) is 28.2 Å². The third-order valence-corrected chi connectivity index (χ3v) is 3.26. The highest BCUT2D eigenvalue weighted by atomic mass is 32.2. The molecule has 0 saturated heterocycles. The highest BCUT2D eigenvalue weighted by Gasteiger charge is 2.14. The van der Waals surface area contributed by atoms with Crippen LogP contribution in [0.3, 0.4) is 0 Å². The molecular weight excluding hydrogens is 236 g/mol. The summed E-state index contributed by atoms with van der Waals surface area (Å²) in [4.78, 5) is 4.86. The molecule has 2 rings (SSSR count). The Bertz CT molecular complexity index is 543. The molecule has 0 aliphatic heterocycles. The summed E-state index contributed by atoms with van der Waals surface area (Å²) in [6, 6.07) is 3.85. The molecule has 80 valence electrons. The van der Waals surface area contributed by atoms with Gasteiger partial charge in [-0.05, 0) is 11.4 Å². The van der Waals surface area contributed by atoms with Gasteiger partial charge in [-0.3, -0.25) is 5.10 Å². The van der Waals surface area contributed by atoms with Crippen LogP contribution in [0.15, 0.2) is 22.7 Å². The van der Waals surface area contributed by atoms with E-state index in [9.17, 15) is 8.42 Å². The number of aromatic amines is 1. The third-order valence-electron chi connectivity index (χ3n) is 1.69. The van der Waals surface area contributed by atoms with Crippen molar-refractivity contribution in [1.29, 1.82) is 0 Å². The zero-order chi connectivity index (χ0) is 10.9. The molecule has 2 aromatic rings. The summed E-state index contributed by atoms with van der Waals surface area (Å²) < 4.78 is 21.8. The Labute approximate surface area is 90.2 Å². The van der Waals surface area contributed by atoms with E-state index < -0.39 is 10.0 Å². The first-order chi connectivity index (χ1) is 7.05. The van der Waals surface area contributed by atoms with E-state index in [1.54, 1.807) is 11.3 Å². The Balaban J connectivity index is 2.22. The molecule has 0 aromatic carbocycles. The molecule has 0 radical (unpaired) electrons. The fourth-order valence-electron chi connectivity index (χ4n) is 1.06. The van der Waals surface area contributed by atoms with Crippen LogP contribution in [0, 0.1) is 0 Å². The largest absolute Gasteiger partial charge is 0.282 e. The molecule has 0 saturated carbocycles. The van der Waals surface area contributed by atoms with Gasteiger partial charge in [0.15, 0.2) is 0 Å². The Morgan fingerprint density at radius 1 is 1.53 bits per heavy atom. The van der Waals surface area contributed by atoms with E-state index in [4.69, 9.17) is 5.14 Å². The quantitative estimate of drug-likeness (QED) is 0.799. The van der Waals surface area contributed by atoms with Crippen LogP contribution in [-0.4, -0.2) is 23.6 Å². The van der Waals surface area contributed by atoms with Crippen molar-refractivity contribution >= 4 is 21.4 Å². The summed E-state index contributed by atoms with van der Waals surface area (Å²) in [5.41, 5.74) is 0. The maximum absolute atomic E-state index is 10.9. The summed E-state index contributed by atoms with van der Waals surface area (Å²) in [7, 11) is -3.81. The Morgan fingerprint density at radius 3 is 2.87 bits per heavy atom. The van der Waals surface area contributed by atoms with Crippen LogP contribution in [0.4, 0.5) is 0 Å². The molecule has 0 spiro atoms. The van der Waals surface area contributed by atoms with Crippen LogP contribution in [-0.2, 0) is 16.4 Å². The van der Waals surface area contributed by atoms with E-state index in [0.717, 1.165) is 4.88 Å². The fourth-order valence-corrected chi connectivity index (χ4v) is 2.18. The lowest BCUT2D eigenvalue weighted by atomic mass is 10.3. The van der Waals surface area contributed by atoms with Crippen LogP contribution >= 0.6 is 11.3 Å². The summed E-state index contributed by atoms with van der Waals surface area (Å²) in [6.07, 6.45) is 0.528. The first-order valence-corrected chi connectivity index (χ1v) is 6.45. The number of primary sulfonamides is 1. The van der Waals surface area contributed by atoms with Gasteiger partial charge in [-0.15, -0.1) is 16.4 Å². The molecular formula is C7H8N4O2S2. The average Bonchev–Trinajstić information content (AvgIpc) is 2.73. The van der Waals surface area contributed by atoms with Gasteiger partial charge in [0.25, 0.3) is 15.2 Å². The molecule has 15 heavy (non-hydrogen) atoms. The third kappa shape index (κ3) is 2.41. The lowest BCUT2D eigenvalue weighted by molar-refractivity contribution is 0.589. The highest BCUT2D eigenvalue weighted by molar-refractivity contribution is 7.89. The molecule has 0 unspecified atom stereocenters. The zero-order valence-corrected chi connectivity index (χ0v) is 9.18. The molecule has 0 amide bonds. The van der Waals surface area contributed by atoms with Gasteiger partial charge in [-0.1, -0.05) is 6.07 Å². The van der Waals surface area contributed by atoms with Crippen LogP contribution in [0.1, 0.15) is 10.7 Å². The van der Waals surface area contributed by atoms with Gasteiger partial charge in [-0.25, -0.2) is 18.5 Å². The minimum absolute atomic E-state index is 0.367. The van der Waals surface area contributed by atoms with Crippen LogP contribution in [0.5, 0.6) is 0 Å². The number of thiophene rings is 1. The summed E-state index contributed by atoms with van der Waals surface area (Å²) in [6.45, 7) is 0. The first-order valence-electron chi connectivity index (χ1n) is 4.02. The normalized spacial score (nSPS) is 11.8. The van der Waals surface area contributed by atoms with Gasteiger partial charge in [0.1, 0.15) is 5.82 Å². The number of rotatable bonds is 3. The second-order valence-electron chi connectivity index (χ2n) is 2.87. The SMILES string of the molecule is NS(=O)(=O)c1n[nH]c(Cc2cccs2)n1. The van der Waals surface area contributed by atoms with E-state index in [1.165, 1.54) is 0 Å². The molecule has 0 atom stereocenters. The first kappa shape index (κ1) is 10.3. The number of H-pyrrole nitrogens is 1. The van der Waals surface area contributed by atoms with Gasteiger partial charge in [0.2, 0.25) is 0 Å². The number of nitrogens with two attached hydrogens (primary N) is 1. The van der Waals surface area contributed by atoms with Gasteiger partial charge >= 0.3 is 0 Å². The monoisotopic (exact) mass is 244 g/mol. The van der Waals surface area contributed by atoms with Crippen molar-refractivity contribution in [2.24, 2.45) is 5.14 Å². The number of nitrogens with one attached hydrogen (secondary N) is 1. The van der Waals surface area contributed by atoms with E-state index in [-0.39, 0.29) is 5.16 Å². The van der Waals surface area contributed by atoms with Crippen molar-refractivity contribution in [1.82, 2.24) is 15.2 Å². The van der Waals surface area contributed by atoms with Gasteiger partial charge in [0.05, 0.1) is 0 Å². The van der Waals surface area contributed by atoms with Crippen molar-refractivity contribution < 1.29 is 8.42 Å². The predicted molar refractivity (Wildman–Crippen MR) is 54.9 cm³/mol. The fraction of sp³-hybridized carbons (Fsp3) is 0.143. The molecule has 0 fully saturated rings. The van der Waals surface area contributed by atoms with E-state index >= 15 is 0 Å². The predicted octanol–water partition coefficient (Wildman–Crippen LogP) is 0.104. The minimum atomic E-state index is -3.81. The van der Waals surface area contributed by atoms with Gasteiger partial charge in [0, 0.05) is 11.3 Å². The number of hydrogen-bond acceptors (Lipinski definition) is 5. The highest BCUT2D eigenvalue weighted by Crippen LogP contribution is 2.12. The summed E-state index contributed by atoms with van der Waals surface area (Å²) in [5.74, 6) is 0.487. The minimum Gasteiger partial charge on any atom is -0.262 e. The molecule has 6 nitrogen and oxygen atoms in total. The Morgan fingerprint density at radius 2 is 2.33 bits per heavy atom. The van der Waals surface area contributed by atoms with E-state index in [0.29, 0.717) is 12.2 Å². The molecule has 0 bridgehead atoms. The van der Waals surface area contributed by atoms with Crippen LogP contribution < -0.4 is 5.14 Å². The summed E-state index contributed by atoms with van der Waals surface area (Å²) >= 11 is 1.57. The number of sulfonamides is 1. The molecule has 0 aliphatic rings. The van der Waals surface area contributed by atoms with Crippen LogP contribution in [0.2, 0.25) is 0 Å². The molecule has 3 N–H and O–H groups in total. The zero-order valence-electron chi connectivity index (χ0n) is 7.54. The second-order valence-corrected chi connectivity index (χ2v) is 5.35. The van der Waals surface area contributed by atoms with Crippen molar-refractivity contribution in [2.75, 3.05) is 0 Å². The maximum atomic E-state index is 10.9. The van der Waals surface area contributed by atoms with E-state index in [1.807, 2.05) is 17.5 Å². The lowest BCUT2D eigenvalue weighted by Crippen LogP contribution is -2.13. The summed E-state index contributed by atoms with van der Waals surface area (Å²) in [5, 5.41) is 12.5.